The number of anilines is 1. The Balaban J connectivity index is 2.05. The van der Waals surface area contributed by atoms with E-state index in [9.17, 15) is 9.59 Å². The second-order valence-corrected chi connectivity index (χ2v) is 7.47. The second-order valence-electron chi connectivity index (χ2n) is 5.84. The normalized spacial score (nSPS) is 10.3. The molecule has 0 saturated heterocycles. The fourth-order valence-corrected chi connectivity index (χ4v) is 4.00. The summed E-state index contributed by atoms with van der Waals surface area (Å²) in [6.07, 6.45) is 1.60. The minimum atomic E-state index is -0.518. The first-order chi connectivity index (χ1) is 12.9. The fourth-order valence-electron chi connectivity index (χ4n) is 2.59. The van der Waals surface area contributed by atoms with Gasteiger partial charge in [0.25, 0.3) is 11.8 Å². The predicted molar refractivity (Wildman–Crippen MR) is 113 cm³/mol. The van der Waals surface area contributed by atoms with E-state index >= 15 is 0 Å². The summed E-state index contributed by atoms with van der Waals surface area (Å²) in [5.41, 5.74) is 7.28. The van der Waals surface area contributed by atoms with E-state index in [0.29, 0.717) is 34.9 Å². The lowest BCUT2D eigenvalue weighted by Crippen LogP contribution is -2.34. The van der Waals surface area contributed by atoms with E-state index in [4.69, 9.17) is 22.7 Å². The summed E-state index contributed by atoms with van der Waals surface area (Å²) in [6.45, 7) is 6.53. The predicted octanol–water partition coefficient (Wildman–Crippen LogP) is 3.63. The third-order valence-corrected chi connectivity index (χ3v) is 5.12. The lowest BCUT2D eigenvalue weighted by Gasteiger charge is -2.10. The molecule has 1 aromatic heterocycles. The Morgan fingerprint density at radius 2 is 1.89 bits per heavy atom. The van der Waals surface area contributed by atoms with Crippen LogP contribution in [0, 0.1) is 6.92 Å². The van der Waals surface area contributed by atoms with Gasteiger partial charge in [-0.1, -0.05) is 13.8 Å². The minimum absolute atomic E-state index is 0.109. The number of amides is 2. The molecule has 0 fully saturated rings. The number of thiocarbonyl (C=S) groups is 1. The maximum atomic E-state index is 12.4. The molecule has 2 rings (SSSR count). The molecule has 0 aliphatic heterocycles. The molecule has 27 heavy (non-hydrogen) atoms. The van der Waals surface area contributed by atoms with E-state index in [1.807, 2.05) is 20.8 Å². The van der Waals surface area contributed by atoms with Crippen LogP contribution in [0.1, 0.15) is 51.4 Å². The number of aryl methyl sites for hydroxylation is 1. The molecule has 6 nitrogen and oxygen atoms in total. The van der Waals surface area contributed by atoms with Crippen molar-refractivity contribution in [2.45, 2.75) is 33.6 Å². The van der Waals surface area contributed by atoms with Crippen LogP contribution in [0.15, 0.2) is 24.3 Å². The van der Waals surface area contributed by atoms with Crippen LogP contribution in [0.4, 0.5) is 5.00 Å². The summed E-state index contributed by atoms with van der Waals surface area (Å²) in [6, 6.07) is 6.81. The van der Waals surface area contributed by atoms with Gasteiger partial charge in [0.2, 0.25) is 0 Å². The molecule has 0 aliphatic carbocycles. The largest absolute Gasteiger partial charge is 0.494 e. The van der Waals surface area contributed by atoms with E-state index in [0.717, 1.165) is 16.9 Å². The maximum Gasteiger partial charge on any atom is 0.257 e. The van der Waals surface area contributed by atoms with Crippen LogP contribution >= 0.6 is 23.6 Å². The zero-order valence-electron chi connectivity index (χ0n) is 15.5. The number of hydrogen-bond acceptors (Lipinski definition) is 5. The Bertz CT molecular complexity index is 845. The van der Waals surface area contributed by atoms with Crippen LogP contribution in [0.2, 0.25) is 0 Å². The Kier molecular flexibility index (Phi) is 7.32. The lowest BCUT2D eigenvalue weighted by molar-refractivity contribution is 0.0975. The van der Waals surface area contributed by atoms with Gasteiger partial charge in [-0.15, -0.1) is 11.3 Å². The SMILES string of the molecule is CCCOc1ccc(C(=O)NC(=S)Nc2sc(C)c(CC)c2C(N)=O)cc1. The molecule has 0 saturated carbocycles. The highest BCUT2D eigenvalue weighted by molar-refractivity contribution is 7.80. The third-order valence-electron chi connectivity index (χ3n) is 3.85. The molecule has 0 radical (unpaired) electrons. The number of benzene rings is 1. The summed E-state index contributed by atoms with van der Waals surface area (Å²) in [7, 11) is 0. The first-order valence-electron chi connectivity index (χ1n) is 8.64. The summed E-state index contributed by atoms with van der Waals surface area (Å²) in [4.78, 5) is 25.1. The summed E-state index contributed by atoms with van der Waals surface area (Å²) >= 11 is 6.60. The summed E-state index contributed by atoms with van der Waals surface area (Å²) < 4.78 is 5.50. The van der Waals surface area contributed by atoms with Crippen molar-refractivity contribution in [2.75, 3.05) is 11.9 Å². The molecule has 8 heteroatoms. The Morgan fingerprint density at radius 3 is 2.44 bits per heavy atom. The standard InChI is InChI=1S/C19H23N3O3S2/c1-4-10-25-13-8-6-12(7-9-13)17(24)21-19(26)22-18-15(16(20)23)14(5-2)11(3)27-18/h6-9H,4-5,10H2,1-3H3,(H2,20,23)(H2,21,22,24,26). The number of carbonyl (C=O) groups is 2. The van der Waals surface area contributed by atoms with E-state index in [2.05, 4.69) is 10.6 Å². The highest BCUT2D eigenvalue weighted by Crippen LogP contribution is 2.33. The Hall–Kier alpha value is -2.45. The average Bonchev–Trinajstić information content (AvgIpc) is 2.95. The zero-order chi connectivity index (χ0) is 20.0. The highest BCUT2D eigenvalue weighted by atomic mass is 32.1. The smallest absolute Gasteiger partial charge is 0.257 e. The summed E-state index contributed by atoms with van der Waals surface area (Å²) in [5.74, 6) is -0.156. The third kappa shape index (κ3) is 5.27. The quantitative estimate of drug-likeness (QED) is 0.612. The van der Waals surface area contributed by atoms with Gasteiger partial charge in [0.15, 0.2) is 5.11 Å². The van der Waals surface area contributed by atoms with Crippen LogP contribution in [0.3, 0.4) is 0 Å². The molecule has 0 bridgehead atoms. The van der Waals surface area contributed by atoms with E-state index in [1.54, 1.807) is 24.3 Å². The van der Waals surface area contributed by atoms with Crippen molar-refractivity contribution < 1.29 is 14.3 Å². The molecule has 2 aromatic rings. The topological polar surface area (TPSA) is 93.4 Å². The zero-order valence-corrected chi connectivity index (χ0v) is 17.2. The van der Waals surface area contributed by atoms with E-state index in [-0.39, 0.29) is 11.0 Å². The van der Waals surface area contributed by atoms with E-state index in [1.165, 1.54) is 11.3 Å². The molecular weight excluding hydrogens is 382 g/mol. The molecule has 0 spiro atoms. The van der Waals surface area contributed by atoms with Crippen molar-refractivity contribution in [1.29, 1.82) is 0 Å². The van der Waals surface area contributed by atoms with Crippen LogP contribution < -0.4 is 21.1 Å². The molecule has 0 unspecified atom stereocenters. The van der Waals surface area contributed by atoms with Gasteiger partial charge in [-0.2, -0.15) is 0 Å². The minimum Gasteiger partial charge on any atom is -0.494 e. The van der Waals surface area contributed by atoms with Gasteiger partial charge in [-0.25, -0.2) is 0 Å². The maximum absolute atomic E-state index is 12.4. The van der Waals surface area contributed by atoms with Gasteiger partial charge in [0, 0.05) is 10.4 Å². The first kappa shape index (κ1) is 20.9. The molecule has 2 amide bonds. The van der Waals surface area contributed by atoms with Gasteiger partial charge in [0.1, 0.15) is 10.8 Å². The van der Waals surface area contributed by atoms with Gasteiger partial charge >= 0.3 is 0 Å². The molecular formula is C19H23N3O3S2. The van der Waals surface area contributed by atoms with Crippen molar-refractivity contribution >= 4 is 45.5 Å². The van der Waals surface area contributed by atoms with Crippen LogP contribution in [-0.4, -0.2) is 23.5 Å². The molecule has 1 aromatic carbocycles. The van der Waals surface area contributed by atoms with Crippen LogP contribution in [0.5, 0.6) is 5.75 Å². The number of thiophene rings is 1. The van der Waals surface area contributed by atoms with Crippen molar-refractivity contribution in [2.24, 2.45) is 5.73 Å². The molecule has 144 valence electrons. The monoisotopic (exact) mass is 405 g/mol. The van der Waals surface area contributed by atoms with Crippen molar-refractivity contribution in [3.63, 3.8) is 0 Å². The van der Waals surface area contributed by atoms with Crippen molar-refractivity contribution in [1.82, 2.24) is 5.32 Å². The number of carbonyl (C=O) groups excluding carboxylic acids is 2. The lowest BCUT2D eigenvalue weighted by atomic mass is 10.1. The van der Waals surface area contributed by atoms with E-state index < -0.39 is 5.91 Å². The average molecular weight is 406 g/mol. The number of ether oxygens (including phenoxy) is 1. The van der Waals surface area contributed by atoms with Gasteiger partial charge in [-0.05, 0) is 61.8 Å². The number of nitrogens with one attached hydrogen (secondary N) is 2. The number of nitrogens with two attached hydrogens (primary N) is 1. The van der Waals surface area contributed by atoms with Crippen molar-refractivity contribution in [3.8, 4) is 5.75 Å². The van der Waals surface area contributed by atoms with Crippen LogP contribution in [0.25, 0.3) is 0 Å². The number of hydrogen-bond donors (Lipinski definition) is 3. The second kappa shape index (κ2) is 9.48. The highest BCUT2D eigenvalue weighted by Gasteiger charge is 2.20. The summed E-state index contributed by atoms with van der Waals surface area (Å²) in [5, 5.41) is 6.19. The van der Waals surface area contributed by atoms with Crippen molar-refractivity contribution in [3.05, 3.63) is 45.8 Å². The fraction of sp³-hybridized carbons (Fsp3) is 0.316. The van der Waals surface area contributed by atoms with Crippen LogP contribution in [-0.2, 0) is 6.42 Å². The van der Waals surface area contributed by atoms with Gasteiger partial charge in [-0.3, -0.25) is 14.9 Å². The first-order valence-corrected chi connectivity index (χ1v) is 9.87. The molecule has 0 atom stereocenters. The van der Waals surface area contributed by atoms with Gasteiger partial charge < -0.3 is 15.8 Å². The molecule has 0 aliphatic rings. The Labute approximate surface area is 168 Å². The Morgan fingerprint density at radius 1 is 1.22 bits per heavy atom. The molecule has 4 N–H and O–H groups in total. The van der Waals surface area contributed by atoms with Gasteiger partial charge in [0.05, 0.1) is 12.2 Å². The number of rotatable bonds is 7. The number of primary amides is 1. The molecule has 1 heterocycles.